The van der Waals surface area contributed by atoms with Crippen LogP contribution in [-0.2, 0) is 19.1 Å². The van der Waals surface area contributed by atoms with Crippen LogP contribution in [0.15, 0.2) is 72.8 Å². The lowest BCUT2D eigenvalue weighted by molar-refractivity contribution is -0.147. The fraction of sp³-hybridized carbons (Fsp3) is 0.222. The minimum atomic E-state index is -0.550. The molecule has 0 unspecified atom stereocenters. The van der Waals surface area contributed by atoms with E-state index < -0.39 is 18.5 Å². The second kappa shape index (κ2) is 12.8. The fourth-order valence-electron chi connectivity index (χ4n) is 3.19. The minimum absolute atomic E-state index is 0.0264. The summed E-state index contributed by atoms with van der Waals surface area (Å²) in [6.07, 6.45) is 0.468. The van der Waals surface area contributed by atoms with Crippen LogP contribution in [0.3, 0.4) is 0 Å². The van der Waals surface area contributed by atoms with E-state index in [0.717, 1.165) is 11.3 Å². The molecule has 35 heavy (non-hydrogen) atoms. The Morgan fingerprint density at radius 2 is 1.57 bits per heavy atom. The lowest BCUT2D eigenvalue weighted by Crippen LogP contribution is -2.21. The number of esters is 1. The molecule has 0 radical (unpaired) electrons. The van der Waals surface area contributed by atoms with Gasteiger partial charge in [-0.2, -0.15) is 0 Å². The van der Waals surface area contributed by atoms with E-state index in [9.17, 15) is 14.4 Å². The number of rotatable bonds is 11. The van der Waals surface area contributed by atoms with E-state index in [1.165, 1.54) is 7.11 Å². The van der Waals surface area contributed by atoms with Crippen LogP contribution < -0.4 is 20.1 Å². The molecule has 0 saturated carbocycles. The monoisotopic (exact) mass is 476 g/mol. The number of hydrogen-bond donors (Lipinski definition) is 2. The topological polar surface area (TPSA) is 103 Å². The van der Waals surface area contributed by atoms with Gasteiger partial charge >= 0.3 is 5.97 Å². The normalized spacial score (nSPS) is 10.2. The molecule has 0 atom stereocenters. The number of nitrogens with one attached hydrogen (secondary N) is 2. The maximum Gasteiger partial charge on any atom is 0.306 e. The van der Waals surface area contributed by atoms with Gasteiger partial charge in [0.2, 0.25) is 5.91 Å². The van der Waals surface area contributed by atoms with E-state index in [-0.39, 0.29) is 18.7 Å². The molecule has 2 N–H and O–H groups in total. The molecule has 182 valence electrons. The first-order valence-corrected chi connectivity index (χ1v) is 11.2. The Kier molecular flexibility index (Phi) is 9.24. The second-order valence-electron chi connectivity index (χ2n) is 7.75. The summed E-state index contributed by atoms with van der Waals surface area (Å²) in [6.45, 7) is 1.58. The van der Waals surface area contributed by atoms with Crippen molar-refractivity contribution in [2.75, 3.05) is 24.4 Å². The van der Waals surface area contributed by atoms with Gasteiger partial charge in [-0.05, 0) is 67.4 Å². The maximum atomic E-state index is 12.2. The van der Waals surface area contributed by atoms with Gasteiger partial charge in [0.05, 0.1) is 12.8 Å². The van der Waals surface area contributed by atoms with Crippen LogP contribution in [0.2, 0.25) is 0 Å². The Morgan fingerprint density at radius 1 is 0.800 bits per heavy atom. The van der Waals surface area contributed by atoms with E-state index in [2.05, 4.69) is 10.6 Å². The van der Waals surface area contributed by atoms with Gasteiger partial charge in [-0.15, -0.1) is 0 Å². The van der Waals surface area contributed by atoms with Crippen molar-refractivity contribution in [1.82, 2.24) is 0 Å². The standard InChI is InChI=1S/C27H28N2O6/c1-19-7-5-8-22(17-19)35-21-15-13-20(14-16-21)28-25(30)11-6-12-27(32)34-18-26(31)29-23-9-3-4-10-24(23)33-2/h3-5,7-10,13-17H,6,11-12,18H2,1-2H3,(H,28,30)(H,29,31). The van der Waals surface area contributed by atoms with Gasteiger partial charge in [0.15, 0.2) is 6.61 Å². The number of amides is 2. The lowest BCUT2D eigenvalue weighted by atomic mass is 10.2. The minimum Gasteiger partial charge on any atom is -0.495 e. The quantitative estimate of drug-likeness (QED) is 0.374. The number of carbonyl (C=O) groups is 3. The molecule has 0 aromatic heterocycles. The third kappa shape index (κ3) is 8.51. The summed E-state index contributed by atoms with van der Waals surface area (Å²) in [7, 11) is 1.50. The van der Waals surface area contributed by atoms with Crippen molar-refractivity contribution >= 4 is 29.2 Å². The number of aryl methyl sites for hydroxylation is 1. The first-order valence-electron chi connectivity index (χ1n) is 11.2. The lowest BCUT2D eigenvalue weighted by Gasteiger charge is -2.10. The van der Waals surface area contributed by atoms with E-state index >= 15 is 0 Å². The Morgan fingerprint density at radius 3 is 2.31 bits per heavy atom. The summed E-state index contributed by atoms with van der Waals surface area (Å²) < 4.78 is 15.9. The van der Waals surface area contributed by atoms with Gasteiger partial charge in [0, 0.05) is 18.5 Å². The molecule has 0 aliphatic carbocycles. The van der Waals surface area contributed by atoms with E-state index in [1.807, 2.05) is 31.2 Å². The molecule has 3 aromatic carbocycles. The number of benzene rings is 3. The molecular formula is C27H28N2O6. The highest BCUT2D eigenvalue weighted by atomic mass is 16.5. The predicted octanol–water partition coefficient (Wildman–Crippen LogP) is 5.09. The first kappa shape index (κ1) is 25.3. The van der Waals surface area contributed by atoms with E-state index in [4.69, 9.17) is 14.2 Å². The van der Waals surface area contributed by atoms with Crippen molar-refractivity contribution in [2.24, 2.45) is 0 Å². The third-order valence-corrected chi connectivity index (χ3v) is 4.89. The molecule has 3 rings (SSSR count). The molecule has 8 nitrogen and oxygen atoms in total. The molecule has 0 saturated heterocycles. The SMILES string of the molecule is COc1ccccc1NC(=O)COC(=O)CCCC(=O)Nc1ccc(Oc2cccc(C)c2)cc1. The van der Waals surface area contributed by atoms with E-state index in [1.54, 1.807) is 48.5 Å². The number of para-hydroxylation sites is 2. The third-order valence-electron chi connectivity index (χ3n) is 4.89. The molecule has 3 aromatic rings. The smallest absolute Gasteiger partial charge is 0.306 e. The average molecular weight is 477 g/mol. The fourth-order valence-corrected chi connectivity index (χ4v) is 3.19. The predicted molar refractivity (Wildman–Crippen MR) is 133 cm³/mol. The highest BCUT2D eigenvalue weighted by molar-refractivity contribution is 5.94. The molecule has 0 bridgehead atoms. The number of ether oxygens (including phenoxy) is 3. The zero-order valence-electron chi connectivity index (χ0n) is 19.7. The zero-order chi connectivity index (χ0) is 25.0. The van der Waals surface area contributed by atoms with Crippen LogP contribution in [0.1, 0.15) is 24.8 Å². The summed E-state index contributed by atoms with van der Waals surface area (Å²) in [6, 6.07) is 21.7. The van der Waals surface area contributed by atoms with Crippen LogP contribution >= 0.6 is 0 Å². The Bertz CT molecular complexity index is 1160. The zero-order valence-corrected chi connectivity index (χ0v) is 19.7. The average Bonchev–Trinajstić information content (AvgIpc) is 2.84. The Labute approximate surface area is 204 Å². The number of anilines is 2. The summed E-state index contributed by atoms with van der Waals surface area (Å²) in [5, 5.41) is 5.41. The highest BCUT2D eigenvalue weighted by Crippen LogP contribution is 2.24. The van der Waals surface area contributed by atoms with Crippen molar-refractivity contribution in [3.05, 3.63) is 78.4 Å². The number of carbonyl (C=O) groups excluding carboxylic acids is 3. The molecule has 2 amide bonds. The summed E-state index contributed by atoms with van der Waals surface area (Å²) >= 11 is 0. The summed E-state index contributed by atoms with van der Waals surface area (Å²) in [5.41, 5.74) is 2.22. The Balaban J connectivity index is 1.33. The van der Waals surface area contributed by atoms with Crippen LogP contribution in [0.25, 0.3) is 0 Å². The van der Waals surface area contributed by atoms with Crippen LogP contribution in [0.5, 0.6) is 17.2 Å². The number of hydrogen-bond acceptors (Lipinski definition) is 6. The van der Waals surface area contributed by atoms with Gasteiger partial charge in [-0.3, -0.25) is 14.4 Å². The molecule has 0 fully saturated rings. The maximum absolute atomic E-state index is 12.2. The molecular weight excluding hydrogens is 448 g/mol. The van der Waals surface area contributed by atoms with Crippen molar-refractivity contribution in [3.63, 3.8) is 0 Å². The van der Waals surface area contributed by atoms with Crippen molar-refractivity contribution in [1.29, 1.82) is 0 Å². The van der Waals surface area contributed by atoms with Gasteiger partial charge in [-0.25, -0.2) is 0 Å². The highest BCUT2D eigenvalue weighted by Gasteiger charge is 2.11. The molecule has 0 aliphatic rings. The first-order chi connectivity index (χ1) is 16.9. The van der Waals surface area contributed by atoms with Crippen molar-refractivity contribution in [3.8, 4) is 17.2 Å². The number of methoxy groups -OCH3 is 1. The molecule has 0 aliphatic heterocycles. The van der Waals surface area contributed by atoms with Crippen LogP contribution in [0.4, 0.5) is 11.4 Å². The molecule has 0 heterocycles. The van der Waals surface area contributed by atoms with E-state index in [0.29, 0.717) is 29.3 Å². The molecule has 8 heteroatoms. The van der Waals surface area contributed by atoms with Crippen molar-refractivity contribution in [2.45, 2.75) is 26.2 Å². The van der Waals surface area contributed by atoms with Gasteiger partial charge < -0.3 is 24.8 Å². The molecule has 0 spiro atoms. The van der Waals surface area contributed by atoms with Gasteiger partial charge in [0.25, 0.3) is 5.91 Å². The van der Waals surface area contributed by atoms with Crippen molar-refractivity contribution < 1.29 is 28.6 Å². The Hall–Kier alpha value is -4.33. The van der Waals surface area contributed by atoms with Crippen LogP contribution in [0, 0.1) is 6.92 Å². The largest absolute Gasteiger partial charge is 0.495 e. The second-order valence-corrected chi connectivity index (χ2v) is 7.75. The van der Waals surface area contributed by atoms with Gasteiger partial charge in [-0.1, -0.05) is 24.3 Å². The summed E-state index contributed by atoms with van der Waals surface area (Å²) in [5.74, 6) is 0.656. The van der Waals surface area contributed by atoms with Gasteiger partial charge in [0.1, 0.15) is 17.2 Å². The van der Waals surface area contributed by atoms with Crippen LogP contribution in [-0.4, -0.2) is 31.5 Å². The summed E-state index contributed by atoms with van der Waals surface area (Å²) in [4.78, 5) is 36.1.